The lowest BCUT2D eigenvalue weighted by molar-refractivity contribution is -0.121. The minimum absolute atomic E-state index is 0.00342. The number of anilines is 1. The average molecular weight is 379 g/mol. The minimum atomic E-state index is -3.79. The number of pyridine rings is 1. The molecule has 0 aliphatic rings. The molecule has 0 saturated heterocycles. The van der Waals surface area contributed by atoms with Crippen molar-refractivity contribution in [2.45, 2.75) is 37.6 Å². The fourth-order valence-electron chi connectivity index (χ4n) is 1.47. The van der Waals surface area contributed by atoms with E-state index in [2.05, 4.69) is 31.0 Å². The van der Waals surface area contributed by atoms with Crippen molar-refractivity contribution in [2.24, 2.45) is 0 Å². The summed E-state index contributed by atoms with van der Waals surface area (Å²) >= 11 is 3.14. The van der Waals surface area contributed by atoms with Gasteiger partial charge in [-0.15, -0.1) is 0 Å². The Morgan fingerprint density at radius 1 is 1.52 bits per heavy atom. The van der Waals surface area contributed by atoms with Crippen LogP contribution in [0.5, 0.6) is 0 Å². The summed E-state index contributed by atoms with van der Waals surface area (Å²) in [7, 11) is -3.79. The van der Waals surface area contributed by atoms with E-state index in [0.717, 1.165) is 6.42 Å². The summed E-state index contributed by atoms with van der Waals surface area (Å²) in [5, 5.41) is 2.76. The van der Waals surface area contributed by atoms with Gasteiger partial charge in [0.2, 0.25) is 15.9 Å². The Balaban J connectivity index is 2.62. The van der Waals surface area contributed by atoms with E-state index in [4.69, 9.17) is 5.73 Å². The van der Waals surface area contributed by atoms with Gasteiger partial charge in [-0.05, 0) is 35.3 Å². The predicted octanol–water partition coefficient (Wildman–Crippen LogP) is 1.01. The van der Waals surface area contributed by atoms with Gasteiger partial charge in [0.25, 0.3) is 0 Å². The van der Waals surface area contributed by atoms with E-state index in [1.54, 1.807) is 0 Å². The number of rotatable bonds is 7. The number of halogens is 1. The number of hydrogen-bond acceptors (Lipinski definition) is 5. The quantitative estimate of drug-likeness (QED) is 0.654. The lowest BCUT2D eigenvalue weighted by Gasteiger charge is -2.12. The summed E-state index contributed by atoms with van der Waals surface area (Å²) in [5.41, 5.74) is 5.56. The molecule has 1 aromatic heterocycles. The number of nitrogen functional groups attached to an aromatic ring is 1. The zero-order valence-corrected chi connectivity index (χ0v) is 14.3. The highest BCUT2D eigenvalue weighted by Crippen LogP contribution is 2.20. The fraction of sp³-hybridized carbons (Fsp3) is 0.500. The van der Waals surface area contributed by atoms with Crippen LogP contribution >= 0.6 is 15.9 Å². The Hall–Kier alpha value is -1.19. The molecule has 1 unspecified atom stereocenters. The van der Waals surface area contributed by atoms with Gasteiger partial charge in [0, 0.05) is 29.7 Å². The average Bonchev–Trinajstić information content (AvgIpc) is 2.40. The van der Waals surface area contributed by atoms with Gasteiger partial charge in [-0.1, -0.05) is 6.92 Å². The van der Waals surface area contributed by atoms with Crippen LogP contribution in [0.3, 0.4) is 0 Å². The largest absolute Gasteiger partial charge is 0.383 e. The number of sulfonamides is 1. The molecule has 4 N–H and O–H groups in total. The first-order valence-corrected chi connectivity index (χ1v) is 8.74. The number of aromatic nitrogens is 1. The Kier molecular flexibility index (Phi) is 6.56. The van der Waals surface area contributed by atoms with Gasteiger partial charge in [-0.3, -0.25) is 4.79 Å². The Bertz CT molecular complexity index is 607. The molecular weight excluding hydrogens is 360 g/mol. The second-order valence-corrected chi connectivity index (χ2v) is 7.21. The third-order valence-corrected chi connectivity index (χ3v) is 4.73. The third kappa shape index (κ3) is 5.60. The molecule has 7 nitrogen and oxygen atoms in total. The summed E-state index contributed by atoms with van der Waals surface area (Å²) in [4.78, 5) is 15.2. The third-order valence-electron chi connectivity index (χ3n) is 2.80. The zero-order chi connectivity index (χ0) is 16.0. The smallest absolute Gasteiger partial charge is 0.244 e. The molecule has 1 heterocycles. The van der Waals surface area contributed by atoms with Gasteiger partial charge in [0.15, 0.2) is 0 Å². The monoisotopic (exact) mass is 378 g/mol. The van der Waals surface area contributed by atoms with Crippen LogP contribution in [-0.2, 0) is 14.8 Å². The molecule has 9 heteroatoms. The number of carbonyl (C=O) groups excluding carboxylic acids is 1. The lowest BCUT2D eigenvalue weighted by atomic mass is 10.2. The Morgan fingerprint density at radius 2 is 2.19 bits per heavy atom. The molecule has 118 valence electrons. The Labute approximate surface area is 132 Å². The van der Waals surface area contributed by atoms with E-state index in [1.165, 1.54) is 12.3 Å². The van der Waals surface area contributed by atoms with Crippen LogP contribution in [0, 0.1) is 0 Å². The van der Waals surface area contributed by atoms with Gasteiger partial charge in [0.1, 0.15) is 10.7 Å². The summed E-state index contributed by atoms with van der Waals surface area (Å²) in [6.07, 6.45) is 2.29. The Morgan fingerprint density at radius 3 is 2.81 bits per heavy atom. The maximum Gasteiger partial charge on any atom is 0.244 e. The minimum Gasteiger partial charge on any atom is -0.383 e. The predicted molar refractivity (Wildman–Crippen MR) is 84.1 cm³/mol. The molecule has 1 amide bonds. The van der Waals surface area contributed by atoms with E-state index in [1.807, 2.05) is 13.8 Å². The van der Waals surface area contributed by atoms with Crippen molar-refractivity contribution in [1.29, 1.82) is 0 Å². The van der Waals surface area contributed by atoms with E-state index in [0.29, 0.717) is 4.47 Å². The van der Waals surface area contributed by atoms with Crippen LogP contribution in [0.25, 0.3) is 0 Å². The first-order valence-electron chi connectivity index (χ1n) is 6.46. The molecule has 0 saturated carbocycles. The van der Waals surface area contributed by atoms with Crippen molar-refractivity contribution in [3.8, 4) is 0 Å². The first-order chi connectivity index (χ1) is 9.76. The van der Waals surface area contributed by atoms with E-state index < -0.39 is 10.0 Å². The first kappa shape index (κ1) is 17.9. The van der Waals surface area contributed by atoms with Crippen LogP contribution < -0.4 is 15.8 Å². The van der Waals surface area contributed by atoms with Crippen LogP contribution in [0.2, 0.25) is 0 Å². The van der Waals surface area contributed by atoms with Gasteiger partial charge < -0.3 is 11.1 Å². The van der Waals surface area contributed by atoms with Crippen molar-refractivity contribution >= 4 is 37.7 Å². The summed E-state index contributed by atoms with van der Waals surface area (Å²) < 4.78 is 27.0. The number of amides is 1. The molecule has 0 fully saturated rings. The molecule has 1 aromatic rings. The van der Waals surface area contributed by atoms with Crippen molar-refractivity contribution in [3.05, 3.63) is 16.7 Å². The molecule has 0 radical (unpaired) electrons. The zero-order valence-electron chi connectivity index (χ0n) is 11.9. The maximum absolute atomic E-state index is 12.1. The molecular formula is C12H19BrN4O3S. The molecule has 0 aromatic carbocycles. The SMILES string of the molecule is CCC(C)NC(=O)CCNS(=O)(=O)c1cc(Br)cnc1N. The van der Waals surface area contributed by atoms with E-state index >= 15 is 0 Å². The summed E-state index contributed by atoms with van der Waals surface area (Å²) in [5.74, 6) is -0.290. The van der Waals surface area contributed by atoms with Crippen molar-refractivity contribution in [2.75, 3.05) is 12.3 Å². The molecule has 0 aliphatic heterocycles. The van der Waals surface area contributed by atoms with Crippen LogP contribution in [-0.4, -0.2) is 31.9 Å². The highest BCUT2D eigenvalue weighted by atomic mass is 79.9. The molecule has 0 spiro atoms. The number of nitrogens with zero attached hydrogens (tertiary/aromatic N) is 1. The highest BCUT2D eigenvalue weighted by molar-refractivity contribution is 9.10. The van der Waals surface area contributed by atoms with Crippen LogP contribution in [0.4, 0.5) is 5.82 Å². The molecule has 1 atom stereocenters. The number of nitrogens with one attached hydrogen (secondary N) is 2. The lowest BCUT2D eigenvalue weighted by Crippen LogP contribution is -2.35. The topological polar surface area (TPSA) is 114 Å². The van der Waals surface area contributed by atoms with Gasteiger partial charge in [-0.2, -0.15) is 0 Å². The summed E-state index contributed by atoms with van der Waals surface area (Å²) in [6, 6.07) is 1.43. The number of nitrogens with two attached hydrogens (primary N) is 1. The van der Waals surface area contributed by atoms with Crippen molar-refractivity contribution in [3.63, 3.8) is 0 Å². The maximum atomic E-state index is 12.1. The molecule has 1 rings (SSSR count). The summed E-state index contributed by atoms with van der Waals surface area (Å²) in [6.45, 7) is 3.84. The second-order valence-electron chi connectivity index (χ2n) is 4.56. The standard InChI is InChI=1S/C12H19BrN4O3S/c1-3-8(2)17-11(18)4-5-16-21(19,20)10-6-9(13)7-15-12(10)14/h6-8,16H,3-5H2,1-2H3,(H2,14,15)(H,17,18). The second kappa shape index (κ2) is 7.71. The van der Waals surface area contributed by atoms with Crippen LogP contribution in [0.15, 0.2) is 21.6 Å². The van der Waals surface area contributed by atoms with Crippen molar-refractivity contribution in [1.82, 2.24) is 15.0 Å². The van der Waals surface area contributed by atoms with Crippen molar-refractivity contribution < 1.29 is 13.2 Å². The number of carbonyl (C=O) groups is 1. The van der Waals surface area contributed by atoms with Gasteiger partial charge in [0.05, 0.1) is 0 Å². The van der Waals surface area contributed by atoms with Gasteiger partial charge >= 0.3 is 0 Å². The molecule has 0 aliphatic carbocycles. The van der Waals surface area contributed by atoms with Gasteiger partial charge in [-0.25, -0.2) is 18.1 Å². The fourth-order valence-corrected chi connectivity index (χ4v) is 3.09. The van der Waals surface area contributed by atoms with E-state index in [9.17, 15) is 13.2 Å². The van der Waals surface area contributed by atoms with Crippen LogP contribution in [0.1, 0.15) is 26.7 Å². The highest BCUT2D eigenvalue weighted by Gasteiger charge is 2.19. The molecule has 21 heavy (non-hydrogen) atoms. The molecule has 0 bridgehead atoms. The normalized spacial score (nSPS) is 12.9. The number of hydrogen-bond donors (Lipinski definition) is 3. The van der Waals surface area contributed by atoms with E-state index in [-0.39, 0.29) is 35.6 Å².